The molecule has 17 rings (SSSR count). The van der Waals surface area contributed by atoms with Crippen LogP contribution in [-0.4, -0.2) is 0 Å². The molecule has 0 amide bonds. The standard InChI is InChI=1S/C96H48/c1-2-34-74-58-50-66-26-10-18-42-82(66)90(74)92-76(60-52-68-28-12-20-44-84(68)92)36-5-6-38-78-62-54-70-30-14-22-46-86(70)94(78)96-80(64-56-72-32-16-24-48-88(72)96)40-8-7-39-79-63-55-71-31-15-23-47-87(71)95(79)93-77(61-53-69-29-13-21-45-85(69)93)37-4-3-35-75-59-51-67-27-11-19-43-83(67)91(75)89-73(33-1)57-49-65-25-9-17-41-81(65)89/h9-32,41-64H. The Morgan fingerprint density at radius 2 is 0.229 bits per heavy atom. The Balaban J connectivity index is 1.20. The molecule has 0 heterocycles. The zero-order valence-electron chi connectivity index (χ0n) is 51.7. The summed E-state index contributed by atoms with van der Waals surface area (Å²) in [6.07, 6.45) is 0. The van der Waals surface area contributed by atoms with E-state index in [1.54, 1.807) is 0 Å². The van der Waals surface area contributed by atoms with Crippen molar-refractivity contribution in [3.63, 3.8) is 0 Å². The summed E-state index contributed by atoms with van der Waals surface area (Å²) in [7, 11) is 0. The van der Waals surface area contributed by atoms with Gasteiger partial charge in [0.1, 0.15) is 0 Å². The summed E-state index contributed by atoms with van der Waals surface area (Å²) in [5.41, 5.74) is 55.6. The van der Waals surface area contributed by atoms with Crippen LogP contribution in [0.5, 0.6) is 0 Å². The van der Waals surface area contributed by atoms with Crippen molar-refractivity contribution in [1.82, 2.24) is 0 Å². The van der Waals surface area contributed by atoms with Crippen molar-refractivity contribution in [2.24, 2.45) is 0 Å². The van der Waals surface area contributed by atoms with E-state index in [-0.39, 0.29) is 0 Å². The first-order valence-electron chi connectivity index (χ1n) is 31.9. The van der Waals surface area contributed by atoms with Crippen LogP contribution in [0.1, 0.15) is 0 Å². The van der Waals surface area contributed by atoms with E-state index in [0.29, 0.717) is 0 Å². The van der Waals surface area contributed by atoms with E-state index in [1.807, 2.05) is 0 Å². The average Bonchev–Trinajstić information content (AvgIpc) is 0.785. The zero-order chi connectivity index (χ0) is 63.7. The van der Waals surface area contributed by atoms with Crippen LogP contribution in [0.3, 0.4) is 0 Å². The van der Waals surface area contributed by atoms with Gasteiger partial charge < -0.3 is 0 Å². The third-order valence-corrected chi connectivity index (χ3v) is 18.3. The van der Waals surface area contributed by atoms with Gasteiger partial charge in [0, 0.05) is 83.5 Å². The molecule has 0 radical (unpaired) electrons. The second-order valence-corrected chi connectivity index (χ2v) is 23.7. The monoisotopic (exact) mass is 1200 g/mol. The largest absolute Gasteiger partial charge is 0.0616 e. The fourth-order valence-electron chi connectivity index (χ4n) is 13.9. The van der Waals surface area contributed by atoms with Gasteiger partial charge in [-0.1, -0.05) is 289 Å². The van der Waals surface area contributed by atoms with Crippen molar-refractivity contribution in [2.75, 3.05) is 0 Å². The molecule has 0 unspecified atom stereocenters. The van der Waals surface area contributed by atoms with Gasteiger partial charge in [0.05, 0.1) is 0 Å². The molecule has 1 aliphatic rings. The Labute approximate surface area is 549 Å². The SMILES string of the molecule is C1=C=C=c2ccc3ccccc3c2=c2c(ccc3ccccc23)=C=C=C=C=c2ccc3ccccc3c2=c2c(ccc3ccccc23)=C=C=C=C=c2ccc3ccccc3c2=c2c(ccc3ccccc23)=C=C=C=C=c2ccc3ccccc3c2=c2c(ccc3ccccc23)=C=1. The summed E-state index contributed by atoms with van der Waals surface area (Å²) >= 11 is 0. The number of hydrogen-bond acceptors (Lipinski definition) is 0. The van der Waals surface area contributed by atoms with Crippen molar-refractivity contribution in [1.29, 1.82) is 0 Å². The molecule has 16 aromatic carbocycles. The summed E-state index contributed by atoms with van der Waals surface area (Å²) in [6.45, 7) is 0. The van der Waals surface area contributed by atoms with Gasteiger partial charge in [0.15, 0.2) is 0 Å². The zero-order valence-corrected chi connectivity index (χ0v) is 51.7. The highest BCUT2D eigenvalue weighted by atomic mass is 14.1. The van der Waals surface area contributed by atoms with Crippen molar-refractivity contribution in [3.8, 4) is 0 Å². The molecular formula is C96H48. The van der Waals surface area contributed by atoms with Crippen LogP contribution in [0.2, 0.25) is 0 Å². The molecule has 16 aromatic rings. The number of hydrogen-bond donors (Lipinski definition) is 0. The molecule has 0 saturated carbocycles. The third kappa shape index (κ3) is 10.2. The predicted octanol–water partition coefficient (Wildman–Crippen LogP) is 15.7. The first kappa shape index (κ1) is 56.1. The first-order valence-corrected chi connectivity index (χ1v) is 31.9. The predicted molar refractivity (Wildman–Crippen MR) is 395 cm³/mol. The fourth-order valence-corrected chi connectivity index (χ4v) is 13.9. The first-order chi connectivity index (χ1) is 47.7. The van der Waals surface area contributed by atoms with Crippen LogP contribution in [0, 0.1) is 41.7 Å². The number of benzene rings is 16. The number of fused-ring (bicyclic) bond motifs is 24. The molecule has 0 nitrogen and oxygen atoms in total. The molecule has 0 heteroatoms. The van der Waals surface area contributed by atoms with E-state index in [1.165, 1.54) is 0 Å². The normalized spacial score (nSPS) is 11.3. The van der Waals surface area contributed by atoms with Crippen molar-refractivity contribution in [2.45, 2.75) is 0 Å². The van der Waals surface area contributed by atoms with Gasteiger partial charge in [-0.25, -0.2) is 0 Å². The van der Waals surface area contributed by atoms with E-state index in [9.17, 15) is 0 Å². The Morgan fingerprint density at radius 1 is 0.115 bits per heavy atom. The van der Waals surface area contributed by atoms with Gasteiger partial charge in [-0.3, -0.25) is 0 Å². The van der Waals surface area contributed by atoms with E-state index in [2.05, 4.69) is 383 Å². The van der Waals surface area contributed by atoms with Gasteiger partial charge in [-0.15, -0.1) is 0 Å². The molecular weight excluding hydrogens is 1150 g/mol. The van der Waals surface area contributed by atoms with Crippen LogP contribution < -0.4 is 41.7 Å². The molecule has 0 fully saturated rings. The molecule has 1 aliphatic carbocycles. The topological polar surface area (TPSA) is 0 Å². The maximum absolute atomic E-state index is 3.59. The highest BCUT2D eigenvalue weighted by Gasteiger charge is 2.08. The number of rotatable bonds is 0. The molecule has 0 bridgehead atoms. The molecule has 0 aliphatic heterocycles. The van der Waals surface area contributed by atoms with Gasteiger partial charge in [0.25, 0.3) is 0 Å². The van der Waals surface area contributed by atoms with Crippen LogP contribution in [0.4, 0.5) is 0 Å². The highest BCUT2D eigenvalue weighted by molar-refractivity contribution is 5.92. The Hall–Kier alpha value is -13.9. The molecule has 0 aromatic heterocycles. The smallest absolute Gasteiger partial charge is 0.0341 e. The van der Waals surface area contributed by atoms with Crippen LogP contribution in [-0.2, 0) is 0 Å². The van der Waals surface area contributed by atoms with Gasteiger partial charge in [-0.2, -0.15) is 0 Å². The highest BCUT2D eigenvalue weighted by Crippen LogP contribution is 2.23. The Morgan fingerprint density at radius 3 is 0.354 bits per heavy atom. The average molecular weight is 1200 g/mol. The summed E-state index contributed by atoms with van der Waals surface area (Å²) in [6, 6.07) is 102. The summed E-state index contributed by atoms with van der Waals surface area (Å²) in [5.74, 6) is 0. The van der Waals surface area contributed by atoms with Crippen LogP contribution >= 0.6 is 0 Å². The van der Waals surface area contributed by atoms with Crippen LogP contribution in [0.25, 0.3) is 132 Å². The lowest BCUT2D eigenvalue weighted by Gasteiger charge is -2.03. The maximum atomic E-state index is 3.59. The van der Waals surface area contributed by atoms with Gasteiger partial charge >= 0.3 is 0 Å². The summed E-state index contributed by atoms with van der Waals surface area (Å²) in [4.78, 5) is 0. The summed E-state index contributed by atoms with van der Waals surface area (Å²) in [5, 5.41) is 31.7. The lowest BCUT2D eigenvalue weighted by molar-refractivity contribution is 1.48. The molecule has 96 heavy (non-hydrogen) atoms. The van der Waals surface area contributed by atoms with Gasteiger partial charge in [-0.05, 0) is 181 Å². The van der Waals surface area contributed by atoms with Gasteiger partial charge in [0.2, 0.25) is 0 Å². The molecule has 0 N–H and O–H groups in total. The summed E-state index contributed by atoms with van der Waals surface area (Å²) < 4.78 is 0. The van der Waals surface area contributed by atoms with E-state index in [0.717, 1.165) is 170 Å². The lowest BCUT2D eigenvalue weighted by atomic mass is 9.99. The molecule has 0 saturated heterocycles. The third-order valence-electron chi connectivity index (χ3n) is 18.3. The van der Waals surface area contributed by atoms with E-state index in [4.69, 9.17) is 0 Å². The Bertz CT molecular complexity index is 6400. The molecule has 0 spiro atoms. The lowest BCUT2D eigenvalue weighted by Crippen LogP contribution is -2.09. The maximum Gasteiger partial charge on any atom is 0.0341 e. The minimum Gasteiger partial charge on any atom is -0.0616 e. The van der Waals surface area contributed by atoms with E-state index >= 15 is 0 Å². The van der Waals surface area contributed by atoms with E-state index < -0.39 is 0 Å². The second kappa shape index (κ2) is 24.4. The fraction of sp³-hybridized carbons (Fsp3) is 0. The van der Waals surface area contributed by atoms with Crippen molar-refractivity contribution < 1.29 is 0 Å². The minimum atomic E-state index is 0.833. The van der Waals surface area contributed by atoms with Crippen molar-refractivity contribution >= 4 is 132 Å². The quantitative estimate of drug-likeness (QED) is 0.133. The molecule has 0 atom stereocenters. The minimum absolute atomic E-state index is 0.833. The second-order valence-electron chi connectivity index (χ2n) is 23.7. The molecule has 432 valence electrons. The van der Waals surface area contributed by atoms with Crippen LogP contribution in [0.15, 0.2) is 337 Å². The van der Waals surface area contributed by atoms with Crippen molar-refractivity contribution in [3.05, 3.63) is 421 Å². The Kier molecular flexibility index (Phi) is 14.2.